The zero-order valence-electron chi connectivity index (χ0n) is 38.8. The lowest BCUT2D eigenvalue weighted by molar-refractivity contribution is 0.0850. The molecule has 4 rings (SSSR count). The summed E-state index contributed by atoms with van der Waals surface area (Å²) >= 11 is 7.32. The summed E-state index contributed by atoms with van der Waals surface area (Å²) in [5.41, 5.74) is 1.24. The predicted octanol–water partition coefficient (Wildman–Crippen LogP) is 15.7. The molecule has 0 unspecified atom stereocenters. The predicted molar refractivity (Wildman–Crippen MR) is 271 cm³/mol. The molecule has 4 amide bonds. The fourth-order valence-corrected chi connectivity index (χ4v) is 9.74. The van der Waals surface area contributed by atoms with Crippen LogP contribution in [0.4, 0.5) is 0 Å². The number of carbonyl (C=O) groups excluding carboxylic acids is 4. The molecule has 4 aromatic carbocycles. The van der Waals surface area contributed by atoms with E-state index in [2.05, 4.69) is 75.5 Å². The topological polar surface area (TPSA) is 104 Å². The first-order valence-electron chi connectivity index (χ1n) is 24.5. The Labute approximate surface area is 395 Å². The van der Waals surface area contributed by atoms with E-state index in [0.717, 1.165) is 86.0 Å². The molecule has 0 heterocycles. The van der Waals surface area contributed by atoms with Gasteiger partial charge in [-0.05, 0) is 72.9 Å². The molecule has 0 aliphatic rings. The van der Waals surface area contributed by atoms with Crippen molar-refractivity contribution < 1.29 is 19.2 Å². The Hall–Kier alpha value is -3.56. The average Bonchev–Trinajstić information content (AvgIpc) is 3.28. The molecule has 344 valence electrons. The van der Waals surface area contributed by atoms with Gasteiger partial charge < -0.3 is 10.6 Å². The minimum Gasteiger partial charge on any atom is -0.349 e. The van der Waals surface area contributed by atoms with Crippen LogP contribution in [0.5, 0.6) is 0 Å². The first-order chi connectivity index (χ1) is 30.6. The van der Waals surface area contributed by atoms with E-state index in [1.165, 1.54) is 77.0 Å². The van der Waals surface area contributed by atoms with E-state index in [1.807, 2.05) is 24.3 Å². The van der Waals surface area contributed by atoms with Gasteiger partial charge >= 0.3 is 0 Å². The summed E-state index contributed by atoms with van der Waals surface area (Å²) in [4.78, 5) is 57.2. The van der Waals surface area contributed by atoms with Gasteiger partial charge in [0.15, 0.2) is 0 Å². The molecule has 0 aliphatic heterocycles. The van der Waals surface area contributed by atoms with Crippen LogP contribution < -0.4 is 16.0 Å². The lowest BCUT2D eigenvalue weighted by atomic mass is 9.95. The summed E-state index contributed by atoms with van der Waals surface area (Å²) in [6.45, 7) is 8.87. The summed E-state index contributed by atoms with van der Waals surface area (Å²) < 4.78 is 1.49. The van der Waals surface area contributed by atoms with Gasteiger partial charge in [-0.3, -0.25) is 24.5 Å². The van der Waals surface area contributed by atoms with Crippen LogP contribution in [0.3, 0.4) is 0 Å². The molecule has 7 nitrogen and oxygen atoms in total. The molecule has 4 aromatic rings. The largest absolute Gasteiger partial charge is 0.349 e. The molecule has 3 N–H and O–H groups in total. The molecule has 0 saturated carbocycles. The van der Waals surface area contributed by atoms with Gasteiger partial charge in [0, 0.05) is 54.1 Å². The number of fused-ring (bicyclic) bond motifs is 2. The van der Waals surface area contributed by atoms with Crippen LogP contribution in [-0.2, 0) is 0 Å². The van der Waals surface area contributed by atoms with Gasteiger partial charge in [0.1, 0.15) is 0 Å². The Bertz CT molecular complexity index is 1890. The van der Waals surface area contributed by atoms with Crippen LogP contribution in [-0.4, -0.2) is 35.7 Å². The van der Waals surface area contributed by atoms with Gasteiger partial charge in [0.05, 0.1) is 0 Å². The maximum absolute atomic E-state index is 14.3. The quantitative estimate of drug-likeness (QED) is 0.0358. The molecule has 0 saturated heterocycles. The number of amides is 4. The number of nitrogens with one attached hydrogen (secondary N) is 3. The van der Waals surface area contributed by atoms with Crippen LogP contribution in [0.15, 0.2) is 69.6 Å². The van der Waals surface area contributed by atoms with E-state index in [-0.39, 0.29) is 35.0 Å². The van der Waals surface area contributed by atoms with Crippen molar-refractivity contribution in [3.63, 3.8) is 0 Å². The zero-order valence-corrected chi connectivity index (χ0v) is 42.0. The normalized spacial score (nSPS) is 11.5. The van der Waals surface area contributed by atoms with Crippen molar-refractivity contribution in [2.75, 3.05) is 0 Å². The summed E-state index contributed by atoms with van der Waals surface area (Å²) in [5, 5.41) is 11.7. The highest BCUT2D eigenvalue weighted by Crippen LogP contribution is 2.33. The van der Waals surface area contributed by atoms with Gasteiger partial charge in [-0.25, -0.2) is 0 Å². The molecule has 0 spiro atoms. The highest BCUT2D eigenvalue weighted by atomic mass is 79.9. The fraction of sp³-hybridized carbons (Fsp3) is 0.556. The Morgan fingerprint density at radius 3 is 1.02 bits per heavy atom. The SMILES string of the molecule is CCCCCCCC(CCCCCCC)NC(=O)c1ccc(Br)c2cccc(C(=O)NC(=O)c3cccc4c(Br)ccc(C(=O)NC(CCCCCCC)CCCCCCC)c34)c12. The molecule has 63 heavy (non-hydrogen) atoms. The molecule has 0 aromatic heterocycles. The highest BCUT2D eigenvalue weighted by molar-refractivity contribution is 9.11. The number of imide groups is 1. The van der Waals surface area contributed by atoms with Crippen molar-refractivity contribution >= 4 is 77.0 Å². The standard InChI is InChI=1S/C54H75Br2N3O4/c1-5-9-13-17-21-27-39(28-22-18-14-10-6-2)57-51(60)45-35-37-47(55)41-31-25-33-43(49(41)45)53(62)59-54(63)44-34-26-32-42-48(56)38-36-46(50(42)44)52(61)58-40(29-23-19-15-11-7-3)30-24-20-16-12-8-4/h25-26,31-40H,5-24,27-30H2,1-4H3,(H,57,60)(H,58,61)(H,59,62,63). The monoisotopic (exact) mass is 987 g/mol. The number of hydrogen-bond acceptors (Lipinski definition) is 4. The van der Waals surface area contributed by atoms with Gasteiger partial charge in [-0.15, -0.1) is 0 Å². The molecule has 0 fully saturated rings. The van der Waals surface area contributed by atoms with Crippen LogP contribution in [0.1, 0.15) is 223 Å². The van der Waals surface area contributed by atoms with Crippen molar-refractivity contribution in [1.82, 2.24) is 16.0 Å². The van der Waals surface area contributed by atoms with Gasteiger partial charge in [0.2, 0.25) is 0 Å². The lowest BCUT2D eigenvalue weighted by Gasteiger charge is -2.21. The van der Waals surface area contributed by atoms with Crippen molar-refractivity contribution in [3.8, 4) is 0 Å². The molecular formula is C54H75Br2N3O4. The second kappa shape index (κ2) is 29.1. The van der Waals surface area contributed by atoms with Crippen LogP contribution in [0.25, 0.3) is 21.5 Å². The number of carbonyl (C=O) groups is 4. The minimum atomic E-state index is -0.620. The van der Waals surface area contributed by atoms with Crippen LogP contribution >= 0.6 is 31.9 Å². The second-order valence-corrected chi connectivity index (χ2v) is 19.3. The van der Waals surface area contributed by atoms with E-state index < -0.39 is 11.8 Å². The number of halogens is 2. The Morgan fingerprint density at radius 1 is 0.397 bits per heavy atom. The smallest absolute Gasteiger partial charge is 0.258 e. The second-order valence-electron chi connectivity index (χ2n) is 17.6. The molecule has 0 aliphatic carbocycles. The van der Waals surface area contributed by atoms with Crippen molar-refractivity contribution in [2.45, 2.75) is 194 Å². The summed E-state index contributed by atoms with van der Waals surface area (Å²) in [6.07, 6.45) is 26.9. The minimum absolute atomic E-state index is 0.0333. The van der Waals surface area contributed by atoms with E-state index in [1.54, 1.807) is 36.4 Å². The third-order valence-corrected chi connectivity index (χ3v) is 13.9. The maximum Gasteiger partial charge on any atom is 0.258 e. The number of unbranched alkanes of at least 4 members (excludes halogenated alkanes) is 16. The molecule has 0 radical (unpaired) electrons. The summed E-state index contributed by atoms with van der Waals surface area (Å²) in [6, 6.07) is 17.9. The van der Waals surface area contributed by atoms with E-state index in [9.17, 15) is 19.2 Å². The third kappa shape index (κ3) is 16.4. The number of rotatable bonds is 30. The van der Waals surface area contributed by atoms with Crippen molar-refractivity contribution in [3.05, 3.63) is 91.9 Å². The Balaban J connectivity index is 1.61. The fourth-order valence-electron chi connectivity index (χ4n) is 8.82. The maximum atomic E-state index is 14.3. The zero-order chi connectivity index (χ0) is 45.4. The van der Waals surface area contributed by atoms with Crippen molar-refractivity contribution in [2.24, 2.45) is 0 Å². The van der Waals surface area contributed by atoms with Gasteiger partial charge in [-0.2, -0.15) is 0 Å². The number of hydrogen-bond donors (Lipinski definition) is 3. The number of benzene rings is 4. The van der Waals surface area contributed by atoms with E-state index >= 15 is 0 Å². The molecule has 0 bridgehead atoms. The van der Waals surface area contributed by atoms with Crippen LogP contribution in [0.2, 0.25) is 0 Å². The molecular weight excluding hydrogens is 914 g/mol. The highest BCUT2D eigenvalue weighted by Gasteiger charge is 2.25. The van der Waals surface area contributed by atoms with Gasteiger partial charge in [-0.1, -0.05) is 212 Å². The summed E-state index contributed by atoms with van der Waals surface area (Å²) in [5.74, 6) is -1.68. The summed E-state index contributed by atoms with van der Waals surface area (Å²) in [7, 11) is 0. The lowest BCUT2D eigenvalue weighted by Crippen LogP contribution is -2.36. The molecule has 0 atom stereocenters. The van der Waals surface area contributed by atoms with E-state index in [4.69, 9.17) is 0 Å². The van der Waals surface area contributed by atoms with Gasteiger partial charge in [0.25, 0.3) is 23.6 Å². The molecule has 9 heteroatoms. The van der Waals surface area contributed by atoms with E-state index in [0.29, 0.717) is 32.7 Å². The van der Waals surface area contributed by atoms with Crippen molar-refractivity contribution in [1.29, 1.82) is 0 Å². The third-order valence-electron chi connectivity index (χ3n) is 12.5. The van der Waals surface area contributed by atoms with Crippen LogP contribution in [0, 0.1) is 0 Å². The average molecular weight is 990 g/mol. The Morgan fingerprint density at radius 2 is 0.698 bits per heavy atom. The Kier molecular flexibility index (Phi) is 24.0. The first kappa shape index (κ1) is 52.1. The first-order valence-corrected chi connectivity index (χ1v) is 26.1.